The minimum atomic E-state index is -0.204. The molecule has 0 aliphatic carbocycles. The number of aryl methyl sites for hydroxylation is 1. The predicted molar refractivity (Wildman–Crippen MR) is 136 cm³/mol. The van der Waals surface area contributed by atoms with Gasteiger partial charge in [0.25, 0.3) is 5.56 Å². The molecule has 0 spiro atoms. The van der Waals surface area contributed by atoms with E-state index >= 15 is 0 Å². The Bertz CT molecular complexity index is 1190. The summed E-state index contributed by atoms with van der Waals surface area (Å²) in [5, 5.41) is 5.08. The number of ether oxygens (including phenoxy) is 2. The van der Waals surface area contributed by atoms with Crippen molar-refractivity contribution in [2.45, 2.75) is 52.6 Å². The van der Waals surface area contributed by atoms with E-state index in [2.05, 4.69) is 50.8 Å². The van der Waals surface area contributed by atoms with Crippen LogP contribution in [0.4, 0.5) is 0 Å². The summed E-state index contributed by atoms with van der Waals surface area (Å²) in [7, 11) is 1.60. The van der Waals surface area contributed by atoms with Gasteiger partial charge >= 0.3 is 0 Å². The second kappa shape index (κ2) is 11.1. The Morgan fingerprint density at radius 3 is 2.66 bits per heavy atom. The van der Waals surface area contributed by atoms with Gasteiger partial charge in [-0.15, -0.1) is 0 Å². The van der Waals surface area contributed by atoms with Gasteiger partial charge in [-0.3, -0.25) is 4.79 Å². The van der Waals surface area contributed by atoms with Gasteiger partial charge in [0.2, 0.25) is 0 Å². The fourth-order valence-electron chi connectivity index (χ4n) is 3.18. The third kappa shape index (κ3) is 5.59. The smallest absolute Gasteiger partial charge is 0.282 e. The van der Waals surface area contributed by atoms with E-state index in [1.54, 1.807) is 19.4 Å². The summed E-state index contributed by atoms with van der Waals surface area (Å²) in [5.74, 6) is 1.82. The van der Waals surface area contributed by atoms with Crippen LogP contribution in [0, 0.1) is 0 Å². The first-order valence-corrected chi connectivity index (χ1v) is 12.3. The van der Waals surface area contributed by atoms with E-state index in [-0.39, 0.29) is 11.7 Å². The molecule has 0 radical (unpaired) electrons. The fraction of sp³-hybridized carbons (Fsp3) is 0.375. The molecule has 0 unspecified atom stereocenters. The average Bonchev–Trinajstić information content (AvgIpc) is 2.78. The number of benzene rings is 2. The molecule has 0 N–H and O–H groups in total. The molecule has 0 fully saturated rings. The summed E-state index contributed by atoms with van der Waals surface area (Å²) < 4.78 is 14.7. The van der Waals surface area contributed by atoms with Crippen molar-refractivity contribution in [2.75, 3.05) is 7.11 Å². The number of halogens is 2. The molecule has 2 aromatic carbocycles. The van der Waals surface area contributed by atoms with E-state index in [1.807, 2.05) is 31.2 Å². The molecule has 1 atom stereocenters. The molecule has 1 heterocycles. The van der Waals surface area contributed by atoms with Gasteiger partial charge in [0.15, 0.2) is 11.5 Å². The number of unbranched alkanes of at least 4 members (excludes halogenated alkanes) is 1. The van der Waals surface area contributed by atoms with Crippen LogP contribution in [0.1, 0.15) is 51.4 Å². The normalized spacial score (nSPS) is 12.4. The molecule has 170 valence electrons. The van der Waals surface area contributed by atoms with Crippen molar-refractivity contribution in [3.8, 4) is 11.5 Å². The third-order valence-electron chi connectivity index (χ3n) is 5.10. The summed E-state index contributed by atoms with van der Waals surface area (Å²) in [6.07, 6.45) is 5.05. The van der Waals surface area contributed by atoms with Crippen LogP contribution in [0.15, 0.2) is 49.2 Å². The SMILES string of the molecule is CCCCc1nc2ccc(Br)cc2c(=O)n1N=Cc1cc(Br)cc(OC)c1O[C@@H](C)CC. The van der Waals surface area contributed by atoms with E-state index in [4.69, 9.17) is 14.5 Å². The molecule has 0 aliphatic rings. The monoisotopic (exact) mass is 563 g/mol. The first kappa shape index (κ1) is 24.5. The Morgan fingerprint density at radius 1 is 1.19 bits per heavy atom. The number of methoxy groups -OCH3 is 1. The largest absolute Gasteiger partial charge is 0.493 e. The molecular weight excluding hydrogens is 538 g/mol. The fourth-order valence-corrected chi connectivity index (χ4v) is 3.99. The number of aromatic nitrogens is 2. The number of hydrogen-bond acceptors (Lipinski definition) is 5. The zero-order chi connectivity index (χ0) is 23.3. The minimum absolute atomic E-state index is 0.000232. The molecule has 6 nitrogen and oxygen atoms in total. The van der Waals surface area contributed by atoms with Gasteiger partial charge < -0.3 is 9.47 Å². The van der Waals surface area contributed by atoms with E-state index in [0.717, 1.165) is 28.2 Å². The minimum Gasteiger partial charge on any atom is -0.493 e. The lowest BCUT2D eigenvalue weighted by Gasteiger charge is -2.18. The number of hydrogen-bond donors (Lipinski definition) is 0. The van der Waals surface area contributed by atoms with E-state index in [1.165, 1.54) is 4.68 Å². The first-order valence-electron chi connectivity index (χ1n) is 10.7. The Balaban J connectivity index is 2.16. The zero-order valence-corrected chi connectivity index (χ0v) is 21.9. The van der Waals surface area contributed by atoms with E-state index in [9.17, 15) is 4.79 Å². The average molecular weight is 565 g/mol. The highest BCUT2D eigenvalue weighted by molar-refractivity contribution is 9.10. The quantitative estimate of drug-likeness (QED) is 0.285. The summed E-state index contributed by atoms with van der Waals surface area (Å²) in [6, 6.07) is 9.26. The van der Waals surface area contributed by atoms with Gasteiger partial charge in [0, 0.05) is 20.9 Å². The number of rotatable bonds is 9. The Kier molecular flexibility index (Phi) is 8.48. The van der Waals surface area contributed by atoms with Crippen molar-refractivity contribution in [3.05, 3.63) is 61.0 Å². The lowest BCUT2D eigenvalue weighted by Crippen LogP contribution is -2.22. The third-order valence-corrected chi connectivity index (χ3v) is 6.05. The maximum atomic E-state index is 13.3. The van der Waals surface area contributed by atoms with Gasteiger partial charge in [-0.2, -0.15) is 9.78 Å². The van der Waals surface area contributed by atoms with E-state index in [0.29, 0.717) is 40.2 Å². The lowest BCUT2D eigenvalue weighted by atomic mass is 10.2. The molecule has 32 heavy (non-hydrogen) atoms. The topological polar surface area (TPSA) is 65.7 Å². The Hall–Kier alpha value is -2.19. The van der Waals surface area contributed by atoms with Crippen molar-refractivity contribution >= 4 is 49.0 Å². The van der Waals surface area contributed by atoms with Crippen molar-refractivity contribution in [3.63, 3.8) is 0 Å². The van der Waals surface area contributed by atoms with Crippen LogP contribution < -0.4 is 15.0 Å². The molecular formula is C24H27Br2N3O3. The van der Waals surface area contributed by atoms with E-state index < -0.39 is 0 Å². The molecule has 0 saturated heterocycles. The second-order valence-electron chi connectivity index (χ2n) is 7.52. The van der Waals surface area contributed by atoms with Gasteiger partial charge in [-0.1, -0.05) is 52.1 Å². The molecule has 3 aromatic rings. The first-order chi connectivity index (χ1) is 15.4. The van der Waals surface area contributed by atoms with Crippen LogP contribution in [0.3, 0.4) is 0 Å². The van der Waals surface area contributed by atoms with Crippen LogP contribution in [0.2, 0.25) is 0 Å². The van der Waals surface area contributed by atoms with Crippen molar-refractivity contribution in [1.82, 2.24) is 9.66 Å². The summed E-state index contributed by atoms with van der Waals surface area (Å²) in [5.41, 5.74) is 1.17. The lowest BCUT2D eigenvalue weighted by molar-refractivity contribution is 0.207. The van der Waals surface area contributed by atoms with Crippen molar-refractivity contribution in [1.29, 1.82) is 0 Å². The number of fused-ring (bicyclic) bond motifs is 1. The molecule has 1 aromatic heterocycles. The summed E-state index contributed by atoms with van der Waals surface area (Å²) in [4.78, 5) is 18.0. The predicted octanol–water partition coefficient (Wildman–Crippen LogP) is 6.33. The maximum absolute atomic E-state index is 13.3. The maximum Gasteiger partial charge on any atom is 0.282 e. The van der Waals surface area contributed by atoms with Gasteiger partial charge in [-0.25, -0.2) is 4.98 Å². The van der Waals surface area contributed by atoms with Crippen LogP contribution >= 0.6 is 31.9 Å². The molecule has 0 bridgehead atoms. The highest BCUT2D eigenvalue weighted by atomic mass is 79.9. The highest BCUT2D eigenvalue weighted by Gasteiger charge is 2.15. The molecule has 0 amide bonds. The van der Waals surface area contributed by atoms with Crippen molar-refractivity contribution < 1.29 is 9.47 Å². The van der Waals surface area contributed by atoms with Gasteiger partial charge in [0.05, 0.1) is 30.3 Å². The van der Waals surface area contributed by atoms with Crippen LogP contribution in [0.25, 0.3) is 10.9 Å². The summed E-state index contributed by atoms with van der Waals surface area (Å²) in [6.45, 7) is 6.17. The molecule has 8 heteroatoms. The second-order valence-corrected chi connectivity index (χ2v) is 9.35. The Labute approximate surface area is 204 Å². The summed E-state index contributed by atoms with van der Waals surface area (Å²) >= 11 is 6.96. The number of nitrogens with zero attached hydrogens (tertiary/aromatic N) is 3. The van der Waals surface area contributed by atoms with Crippen LogP contribution in [0.5, 0.6) is 11.5 Å². The Morgan fingerprint density at radius 2 is 1.97 bits per heavy atom. The van der Waals surface area contributed by atoms with Crippen LogP contribution in [-0.4, -0.2) is 29.1 Å². The molecule has 0 aliphatic heterocycles. The van der Waals surface area contributed by atoms with Gasteiger partial charge in [0.1, 0.15) is 5.82 Å². The zero-order valence-electron chi connectivity index (χ0n) is 18.7. The molecule has 3 rings (SSSR count). The van der Waals surface area contributed by atoms with Crippen LogP contribution in [-0.2, 0) is 6.42 Å². The van der Waals surface area contributed by atoms with Crippen molar-refractivity contribution in [2.24, 2.45) is 5.10 Å². The standard InChI is InChI=1S/C24H27Br2N3O3/c1-5-7-8-22-28-20-10-9-17(25)12-19(20)24(30)29(22)27-14-16-11-18(26)13-21(31-4)23(16)32-15(3)6-2/h9-15H,5-8H2,1-4H3/t15-/m0/s1. The highest BCUT2D eigenvalue weighted by Crippen LogP contribution is 2.35. The van der Waals surface area contributed by atoms with Gasteiger partial charge in [-0.05, 0) is 50.1 Å². The molecule has 0 saturated carbocycles.